The van der Waals surface area contributed by atoms with E-state index < -0.39 is 0 Å². The molecule has 0 aliphatic heterocycles. The highest BCUT2D eigenvalue weighted by molar-refractivity contribution is 7.98. The molecule has 5 nitrogen and oxygen atoms in total. The predicted octanol–water partition coefficient (Wildman–Crippen LogP) is 1.13. The quantitative estimate of drug-likeness (QED) is 0.500. The van der Waals surface area contributed by atoms with Crippen LogP contribution >= 0.6 is 11.8 Å². The Balaban J connectivity index is 2.15. The van der Waals surface area contributed by atoms with E-state index in [4.69, 9.17) is 5.26 Å². The van der Waals surface area contributed by atoms with Gasteiger partial charge in [-0.2, -0.15) is 17.0 Å². The van der Waals surface area contributed by atoms with Crippen molar-refractivity contribution in [2.45, 2.75) is 12.7 Å². The standard InChI is InChI=1S/C11H17N5S/c1-9-10(16-8-15-9)7-17-6-5-14-11(13-2)3-4-12/h3,8,13-14H,5-7H2,1-2H3,(H,15,16). The molecule has 0 unspecified atom stereocenters. The van der Waals surface area contributed by atoms with Crippen molar-refractivity contribution in [2.75, 3.05) is 19.3 Å². The zero-order chi connectivity index (χ0) is 12.5. The van der Waals surface area contributed by atoms with Crippen LogP contribution in [0.1, 0.15) is 11.4 Å². The third-order valence-corrected chi connectivity index (χ3v) is 3.18. The van der Waals surface area contributed by atoms with Crippen LogP contribution in [0, 0.1) is 18.3 Å². The van der Waals surface area contributed by atoms with Crippen LogP contribution in [-0.4, -0.2) is 29.3 Å². The molecule has 0 amide bonds. The normalized spacial score (nSPS) is 11.0. The molecule has 0 radical (unpaired) electrons. The first-order chi connectivity index (χ1) is 8.27. The van der Waals surface area contributed by atoms with Gasteiger partial charge in [-0.15, -0.1) is 0 Å². The van der Waals surface area contributed by atoms with Crippen LogP contribution in [-0.2, 0) is 5.75 Å². The van der Waals surface area contributed by atoms with Gasteiger partial charge >= 0.3 is 0 Å². The summed E-state index contributed by atoms with van der Waals surface area (Å²) in [6.07, 6.45) is 3.18. The molecule has 3 N–H and O–H groups in total. The van der Waals surface area contributed by atoms with Crippen molar-refractivity contribution in [1.82, 2.24) is 20.6 Å². The Labute approximate surface area is 106 Å². The van der Waals surface area contributed by atoms with Gasteiger partial charge in [0.1, 0.15) is 5.82 Å². The molecular formula is C11H17N5S. The van der Waals surface area contributed by atoms with E-state index in [-0.39, 0.29) is 0 Å². The average molecular weight is 251 g/mol. The Morgan fingerprint density at radius 3 is 3.12 bits per heavy atom. The van der Waals surface area contributed by atoms with Gasteiger partial charge in [-0.25, -0.2) is 4.98 Å². The van der Waals surface area contributed by atoms with E-state index in [2.05, 4.69) is 20.6 Å². The molecule has 0 saturated carbocycles. The highest BCUT2D eigenvalue weighted by atomic mass is 32.2. The molecule has 0 spiro atoms. The van der Waals surface area contributed by atoms with Crippen molar-refractivity contribution >= 4 is 11.8 Å². The van der Waals surface area contributed by atoms with Gasteiger partial charge in [0.2, 0.25) is 0 Å². The number of hydrogen-bond donors (Lipinski definition) is 3. The lowest BCUT2D eigenvalue weighted by Crippen LogP contribution is -2.25. The lowest BCUT2D eigenvalue weighted by Gasteiger charge is -2.08. The summed E-state index contributed by atoms with van der Waals surface area (Å²) in [6, 6.07) is 1.98. The van der Waals surface area contributed by atoms with E-state index in [9.17, 15) is 0 Å². The van der Waals surface area contributed by atoms with Crippen molar-refractivity contribution in [2.24, 2.45) is 0 Å². The van der Waals surface area contributed by atoms with Gasteiger partial charge in [0, 0.05) is 30.8 Å². The van der Waals surface area contributed by atoms with Gasteiger partial charge in [-0.05, 0) is 6.92 Å². The largest absolute Gasteiger partial charge is 0.374 e. The zero-order valence-corrected chi connectivity index (χ0v) is 10.9. The summed E-state index contributed by atoms with van der Waals surface area (Å²) in [6.45, 7) is 2.85. The van der Waals surface area contributed by atoms with Crippen molar-refractivity contribution in [3.8, 4) is 6.07 Å². The van der Waals surface area contributed by atoms with Crippen molar-refractivity contribution in [3.05, 3.63) is 29.6 Å². The number of nitrogens with zero attached hydrogens (tertiary/aromatic N) is 2. The van der Waals surface area contributed by atoms with Crippen LogP contribution in [0.5, 0.6) is 0 Å². The smallest absolute Gasteiger partial charge is 0.109 e. The van der Waals surface area contributed by atoms with Gasteiger partial charge in [-0.1, -0.05) is 0 Å². The zero-order valence-electron chi connectivity index (χ0n) is 10.1. The molecule has 0 aliphatic carbocycles. The fourth-order valence-corrected chi connectivity index (χ4v) is 2.11. The summed E-state index contributed by atoms with van der Waals surface area (Å²) >= 11 is 1.81. The molecule has 0 aliphatic rings. The molecule has 1 rings (SSSR count). The van der Waals surface area contributed by atoms with E-state index in [0.29, 0.717) is 0 Å². The first-order valence-corrected chi connectivity index (χ1v) is 6.51. The summed E-state index contributed by atoms with van der Waals surface area (Å²) in [7, 11) is 1.79. The van der Waals surface area contributed by atoms with Gasteiger partial charge in [0.15, 0.2) is 0 Å². The molecule has 0 fully saturated rings. The van der Waals surface area contributed by atoms with Crippen LogP contribution in [0.15, 0.2) is 18.2 Å². The van der Waals surface area contributed by atoms with Gasteiger partial charge in [-0.3, -0.25) is 0 Å². The maximum absolute atomic E-state index is 8.50. The molecule has 17 heavy (non-hydrogen) atoms. The number of imidazole rings is 1. The van der Waals surface area contributed by atoms with Gasteiger partial charge in [0.25, 0.3) is 0 Å². The number of hydrogen-bond acceptors (Lipinski definition) is 5. The Morgan fingerprint density at radius 1 is 1.71 bits per heavy atom. The molecule has 0 bridgehead atoms. The van der Waals surface area contributed by atoms with Crippen molar-refractivity contribution in [1.29, 1.82) is 5.26 Å². The first-order valence-electron chi connectivity index (χ1n) is 5.36. The molecule has 92 valence electrons. The fourth-order valence-electron chi connectivity index (χ4n) is 1.24. The first kappa shape index (κ1) is 13.5. The summed E-state index contributed by atoms with van der Waals surface area (Å²) in [5, 5.41) is 14.6. The molecular weight excluding hydrogens is 234 g/mol. The van der Waals surface area contributed by atoms with Crippen LogP contribution in [0.2, 0.25) is 0 Å². The van der Waals surface area contributed by atoms with Gasteiger partial charge < -0.3 is 15.6 Å². The third-order valence-electron chi connectivity index (χ3n) is 2.21. The summed E-state index contributed by atoms with van der Waals surface area (Å²) in [5.74, 6) is 2.63. The highest BCUT2D eigenvalue weighted by Gasteiger charge is 2.00. The molecule has 6 heteroatoms. The van der Waals surface area contributed by atoms with E-state index in [1.54, 1.807) is 13.4 Å². The highest BCUT2D eigenvalue weighted by Crippen LogP contribution is 2.11. The number of rotatable bonds is 7. The molecule has 1 aromatic heterocycles. The second-order valence-electron chi connectivity index (χ2n) is 3.39. The maximum atomic E-state index is 8.50. The van der Waals surface area contributed by atoms with Crippen LogP contribution in [0.3, 0.4) is 0 Å². The number of H-pyrrole nitrogens is 1. The minimum absolute atomic E-state index is 0.754. The monoisotopic (exact) mass is 251 g/mol. The SMILES string of the molecule is CNC(=CC#N)NCCSCc1nc[nH]c1C. The Bertz CT molecular complexity index is 404. The van der Waals surface area contributed by atoms with Crippen LogP contribution in [0.25, 0.3) is 0 Å². The number of aromatic nitrogens is 2. The number of nitriles is 1. The molecule has 0 atom stereocenters. The summed E-state index contributed by atoms with van der Waals surface area (Å²) < 4.78 is 0. The van der Waals surface area contributed by atoms with Gasteiger partial charge in [0.05, 0.1) is 24.2 Å². The fraction of sp³-hybridized carbons (Fsp3) is 0.455. The summed E-state index contributed by atoms with van der Waals surface area (Å²) in [4.78, 5) is 7.29. The second kappa shape index (κ2) is 7.63. The van der Waals surface area contributed by atoms with Crippen LogP contribution < -0.4 is 10.6 Å². The minimum atomic E-state index is 0.754. The number of thioether (sulfide) groups is 1. The lowest BCUT2D eigenvalue weighted by molar-refractivity contribution is 0.771. The molecule has 1 aromatic rings. The Kier molecular flexibility index (Phi) is 6.04. The topological polar surface area (TPSA) is 76.5 Å². The summed E-state index contributed by atoms with van der Waals surface area (Å²) in [5.41, 5.74) is 2.24. The van der Waals surface area contributed by atoms with Crippen LogP contribution in [0.4, 0.5) is 0 Å². The van der Waals surface area contributed by atoms with E-state index >= 15 is 0 Å². The predicted molar refractivity (Wildman–Crippen MR) is 70.2 cm³/mol. The number of nitrogens with one attached hydrogen (secondary N) is 3. The van der Waals surface area contributed by atoms with E-state index in [0.717, 1.165) is 35.3 Å². The average Bonchev–Trinajstić information content (AvgIpc) is 2.73. The minimum Gasteiger partial charge on any atom is -0.374 e. The molecule has 0 saturated heterocycles. The van der Waals surface area contributed by atoms with Crippen molar-refractivity contribution in [3.63, 3.8) is 0 Å². The Morgan fingerprint density at radius 2 is 2.53 bits per heavy atom. The maximum Gasteiger partial charge on any atom is 0.109 e. The van der Waals surface area contributed by atoms with E-state index in [1.165, 1.54) is 6.08 Å². The number of aromatic amines is 1. The number of allylic oxidation sites excluding steroid dienone is 1. The second-order valence-corrected chi connectivity index (χ2v) is 4.50. The van der Waals surface area contributed by atoms with Crippen molar-refractivity contribution < 1.29 is 0 Å². The third kappa shape index (κ3) is 4.83. The lowest BCUT2D eigenvalue weighted by atomic mass is 10.4. The van der Waals surface area contributed by atoms with E-state index in [1.807, 2.05) is 24.8 Å². The molecule has 1 heterocycles. The number of aryl methyl sites for hydroxylation is 1. The Hall–Kier alpha value is -1.61. The molecule has 0 aromatic carbocycles.